The van der Waals surface area contributed by atoms with Crippen molar-refractivity contribution in [1.82, 2.24) is 9.35 Å². The predicted octanol–water partition coefficient (Wildman–Crippen LogP) is 5.64. The van der Waals surface area contributed by atoms with E-state index in [-0.39, 0.29) is 0 Å². The average Bonchev–Trinajstić information content (AvgIpc) is 3.11. The van der Waals surface area contributed by atoms with Gasteiger partial charge in [-0.05, 0) is 90.6 Å². The highest BCUT2D eigenvalue weighted by atomic mass is 15.4. The van der Waals surface area contributed by atoms with Crippen molar-refractivity contribution >= 4 is 5.71 Å². The Labute approximate surface area is 156 Å². The van der Waals surface area contributed by atoms with Crippen LogP contribution in [0.15, 0.2) is 28.5 Å². The standard InChI is InChI=1S/C22H29N4/c1-12-10-21(23-25-17(6)13(2)14(3)18(25)7)22(11-12)24-26-19(8)15(4)16(5)20(26)9/h10-11H,1-9H3/q-1. The van der Waals surface area contributed by atoms with Gasteiger partial charge in [0.1, 0.15) is 0 Å². The summed E-state index contributed by atoms with van der Waals surface area (Å²) >= 11 is 0. The number of allylic oxidation sites excluding steroid dienone is 3. The number of hydrogen-bond donors (Lipinski definition) is 0. The molecule has 0 saturated heterocycles. The van der Waals surface area contributed by atoms with Gasteiger partial charge in [0.25, 0.3) is 0 Å². The van der Waals surface area contributed by atoms with E-state index in [1.54, 1.807) is 0 Å². The molecular weight excluding hydrogens is 320 g/mol. The lowest BCUT2D eigenvalue weighted by molar-refractivity contribution is 0.808. The summed E-state index contributed by atoms with van der Waals surface area (Å²) in [6.45, 7) is 19.2. The Morgan fingerprint density at radius 3 is 1.62 bits per heavy atom. The number of hydrogen-bond acceptors (Lipinski definition) is 1. The zero-order chi connectivity index (χ0) is 19.3. The van der Waals surface area contributed by atoms with Gasteiger partial charge < -0.3 is 10.1 Å². The SMILES string of the molecule is CC1=C/C(=N/n2c(C)c(C)c(C)c2C)C([N-]n2c(C)c(C)c(C)c2C)=C1. The maximum absolute atomic E-state index is 4.94. The van der Waals surface area contributed by atoms with Crippen molar-refractivity contribution < 1.29 is 0 Å². The van der Waals surface area contributed by atoms with Gasteiger partial charge in [0.2, 0.25) is 0 Å². The summed E-state index contributed by atoms with van der Waals surface area (Å²) < 4.78 is 4.09. The van der Waals surface area contributed by atoms with Crippen LogP contribution in [0.3, 0.4) is 0 Å². The molecule has 138 valence electrons. The smallest absolute Gasteiger partial charge is 0.0706 e. The summed E-state index contributed by atoms with van der Waals surface area (Å²) in [5.41, 5.74) is 17.9. The molecular formula is C22H29N4-. The van der Waals surface area contributed by atoms with Crippen LogP contribution in [0.1, 0.15) is 52.0 Å². The van der Waals surface area contributed by atoms with Crippen LogP contribution in [0.2, 0.25) is 0 Å². The van der Waals surface area contributed by atoms with Gasteiger partial charge in [0.05, 0.1) is 5.71 Å². The summed E-state index contributed by atoms with van der Waals surface area (Å²) in [5, 5.41) is 4.94. The van der Waals surface area contributed by atoms with E-state index < -0.39 is 0 Å². The van der Waals surface area contributed by atoms with Gasteiger partial charge in [-0.25, -0.2) is 4.68 Å². The Morgan fingerprint density at radius 1 is 0.654 bits per heavy atom. The molecule has 2 aromatic heterocycles. The normalized spacial score (nSPS) is 15.7. The fraction of sp³-hybridized carbons (Fsp3) is 0.409. The molecule has 0 N–H and O–H groups in total. The molecule has 0 unspecified atom stereocenters. The minimum Gasteiger partial charge on any atom is -0.589 e. The van der Waals surface area contributed by atoms with Crippen molar-refractivity contribution in [3.63, 3.8) is 0 Å². The van der Waals surface area contributed by atoms with Crippen molar-refractivity contribution in [2.45, 2.75) is 62.3 Å². The van der Waals surface area contributed by atoms with E-state index in [0.29, 0.717) is 0 Å². The molecule has 4 heteroatoms. The third-order valence-electron chi connectivity index (χ3n) is 5.97. The molecule has 0 fully saturated rings. The Bertz CT molecular complexity index is 939. The molecule has 4 nitrogen and oxygen atoms in total. The van der Waals surface area contributed by atoms with Crippen molar-refractivity contribution in [1.29, 1.82) is 0 Å². The first-order valence-electron chi connectivity index (χ1n) is 9.15. The van der Waals surface area contributed by atoms with Crippen LogP contribution in [0.4, 0.5) is 0 Å². The van der Waals surface area contributed by atoms with Crippen LogP contribution < -0.4 is 0 Å². The molecule has 0 amide bonds. The highest BCUT2D eigenvalue weighted by Crippen LogP contribution is 2.29. The average molecular weight is 350 g/mol. The Kier molecular flexibility index (Phi) is 4.47. The van der Waals surface area contributed by atoms with Gasteiger partial charge in [-0.3, -0.25) is 0 Å². The first-order valence-corrected chi connectivity index (χ1v) is 9.15. The van der Waals surface area contributed by atoms with E-state index in [2.05, 4.69) is 74.5 Å². The van der Waals surface area contributed by atoms with Crippen LogP contribution in [-0.2, 0) is 0 Å². The van der Waals surface area contributed by atoms with Crippen LogP contribution in [0.25, 0.3) is 5.43 Å². The van der Waals surface area contributed by atoms with Crippen molar-refractivity contribution in [2.75, 3.05) is 0 Å². The lowest BCUT2D eigenvalue weighted by Crippen LogP contribution is -2.07. The predicted molar refractivity (Wildman–Crippen MR) is 110 cm³/mol. The fourth-order valence-electron chi connectivity index (χ4n) is 3.52. The summed E-state index contributed by atoms with van der Waals surface area (Å²) in [7, 11) is 0. The van der Waals surface area contributed by atoms with E-state index in [1.165, 1.54) is 50.6 Å². The molecule has 0 spiro atoms. The molecule has 1 aliphatic carbocycles. The topological polar surface area (TPSA) is 36.3 Å². The lowest BCUT2D eigenvalue weighted by atomic mass is 10.2. The van der Waals surface area contributed by atoms with Gasteiger partial charge >= 0.3 is 0 Å². The van der Waals surface area contributed by atoms with Crippen LogP contribution in [0, 0.1) is 55.4 Å². The van der Waals surface area contributed by atoms with Crippen molar-refractivity contribution in [3.05, 3.63) is 73.9 Å². The minimum absolute atomic E-state index is 0.909. The van der Waals surface area contributed by atoms with Gasteiger partial charge in [0.15, 0.2) is 0 Å². The molecule has 1 aliphatic rings. The van der Waals surface area contributed by atoms with E-state index in [4.69, 9.17) is 10.5 Å². The molecule has 0 aliphatic heterocycles. The summed E-state index contributed by atoms with van der Waals surface area (Å²) in [4.78, 5) is 0. The molecule has 0 radical (unpaired) electrons. The fourth-order valence-corrected chi connectivity index (χ4v) is 3.52. The van der Waals surface area contributed by atoms with Crippen LogP contribution >= 0.6 is 0 Å². The summed E-state index contributed by atoms with van der Waals surface area (Å²) in [6.07, 6.45) is 4.21. The zero-order valence-electron chi connectivity index (χ0n) is 17.4. The Hall–Kier alpha value is -2.49. The maximum Gasteiger partial charge on any atom is 0.0706 e. The van der Waals surface area contributed by atoms with Crippen LogP contribution in [-0.4, -0.2) is 15.1 Å². The first kappa shape index (κ1) is 18.3. The zero-order valence-corrected chi connectivity index (χ0v) is 17.4. The molecule has 0 atom stereocenters. The highest BCUT2D eigenvalue weighted by Gasteiger charge is 2.13. The van der Waals surface area contributed by atoms with E-state index in [1.807, 2.05) is 9.35 Å². The Balaban J connectivity index is 2.04. The molecule has 0 aromatic carbocycles. The largest absolute Gasteiger partial charge is 0.589 e. The number of nitrogens with zero attached hydrogens (tertiary/aromatic N) is 4. The molecule has 26 heavy (non-hydrogen) atoms. The highest BCUT2D eigenvalue weighted by molar-refractivity contribution is 6.13. The first-order chi connectivity index (χ1) is 12.1. The second kappa shape index (κ2) is 6.35. The third kappa shape index (κ3) is 2.74. The lowest BCUT2D eigenvalue weighted by Gasteiger charge is -2.30. The van der Waals surface area contributed by atoms with Gasteiger partial charge in [0, 0.05) is 22.8 Å². The Morgan fingerprint density at radius 2 is 1.12 bits per heavy atom. The second-order valence-electron chi connectivity index (χ2n) is 7.47. The van der Waals surface area contributed by atoms with Crippen molar-refractivity contribution in [2.24, 2.45) is 5.10 Å². The molecule has 3 rings (SSSR count). The van der Waals surface area contributed by atoms with Gasteiger partial charge in [-0.15, -0.1) is 0 Å². The maximum atomic E-state index is 4.94. The third-order valence-corrected chi connectivity index (χ3v) is 5.97. The van der Waals surface area contributed by atoms with Crippen LogP contribution in [0.5, 0.6) is 0 Å². The number of rotatable bonds is 3. The second-order valence-corrected chi connectivity index (χ2v) is 7.47. The van der Waals surface area contributed by atoms with Gasteiger partial charge in [-0.1, -0.05) is 17.3 Å². The summed E-state index contributed by atoms with van der Waals surface area (Å²) in [6, 6.07) is 0. The molecule has 2 aromatic rings. The monoisotopic (exact) mass is 349 g/mol. The van der Waals surface area contributed by atoms with E-state index >= 15 is 0 Å². The quantitative estimate of drug-likeness (QED) is 0.687. The number of aromatic nitrogens is 2. The molecule has 0 saturated carbocycles. The van der Waals surface area contributed by atoms with Crippen molar-refractivity contribution in [3.8, 4) is 0 Å². The van der Waals surface area contributed by atoms with E-state index in [9.17, 15) is 0 Å². The minimum atomic E-state index is 0.909. The summed E-state index contributed by atoms with van der Waals surface area (Å²) in [5.74, 6) is 0. The molecule has 0 bridgehead atoms. The molecule has 2 heterocycles. The van der Waals surface area contributed by atoms with Gasteiger partial charge in [-0.2, -0.15) is 5.10 Å². The van der Waals surface area contributed by atoms with E-state index in [0.717, 1.165) is 11.4 Å².